The maximum Gasteiger partial charge on any atom is 0.119 e. The molecule has 0 aromatic heterocycles. The maximum atomic E-state index is 6.44. The molecule has 0 atom stereocenters. The van der Waals surface area contributed by atoms with E-state index in [0.717, 1.165) is 90.6 Å². The van der Waals surface area contributed by atoms with Crippen LogP contribution in [0.3, 0.4) is 0 Å². The first-order chi connectivity index (χ1) is 38.7. The van der Waals surface area contributed by atoms with Crippen LogP contribution in [0.1, 0.15) is 22.3 Å². The third-order valence-corrected chi connectivity index (χ3v) is 13.1. The van der Waals surface area contributed by atoms with Gasteiger partial charge in [-0.2, -0.15) is 10.2 Å². The minimum absolute atomic E-state index is 0.393. The number of ether oxygens (including phenoxy) is 2. The van der Waals surface area contributed by atoms with Gasteiger partial charge in [-0.15, -0.1) is 0 Å². The highest BCUT2D eigenvalue weighted by molar-refractivity contribution is 5.86. The van der Waals surface area contributed by atoms with Crippen molar-refractivity contribution < 1.29 is 9.47 Å². The summed E-state index contributed by atoms with van der Waals surface area (Å²) in [5, 5.41) is 13.7. The fourth-order valence-electron chi connectivity index (χ4n) is 9.10. The van der Waals surface area contributed by atoms with Crippen molar-refractivity contribution in [1.82, 2.24) is 0 Å². The molecule has 11 aromatic carbocycles. The quantitative estimate of drug-likeness (QED) is 0.0560. The molecule has 0 heterocycles. The lowest BCUT2D eigenvalue weighted by molar-refractivity contribution is 0.285. The topological polar surface area (TPSA) is 56.1 Å². The van der Waals surface area contributed by atoms with Crippen molar-refractivity contribution in [3.05, 3.63) is 326 Å². The SMILES string of the molecule is C(=NN(c1ccccc1)c1ccccc1)c1ccc(N(c2ccccc2)c2ccc(OCc3ccccc3COc3ccc(N(c4ccccc4)c4ccc(C=NN(c5ccccc5)c5ccccc5)cc4)cc3)cc2)cc1. The van der Waals surface area contributed by atoms with Gasteiger partial charge in [-0.25, -0.2) is 10.0 Å². The summed E-state index contributed by atoms with van der Waals surface area (Å²) < 4.78 is 12.9. The molecule has 0 radical (unpaired) electrons. The standard InChI is InChI=1S/C70H56N6O2/c1-7-23-59(24-8-1)73(61-39-35-55(36-40-61)51-71-75(65-27-11-3-12-28-65)66-29-13-4-14-30-66)63-43-47-69(48-44-63)77-53-57-21-19-20-22-58(57)54-78-70-49-45-64(46-50-70)74(60-25-9-2-10-26-60)62-41-37-56(38-42-62)52-72-76(67-31-15-5-16-32-67)68-33-17-6-18-34-68/h1-52H,53-54H2. The average molecular weight is 1010 g/mol. The summed E-state index contributed by atoms with van der Waals surface area (Å²) in [7, 11) is 0. The van der Waals surface area contributed by atoms with E-state index in [1.54, 1.807) is 0 Å². The molecule has 8 nitrogen and oxygen atoms in total. The van der Waals surface area contributed by atoms with E-state index < -0.39 is 0 Å². The molecule has 0 aliphatic rings. The summed E-state index contributed by atoms with van der Waals surface area (Å²) >= 11 is 0. The highest BCUT2D eigenvalue weighted by Gasteiger charge is 2.16. The zero-order valence-corrected chi connectivity index (χ0v) is 42.9. The molecule has 0 N–H and O–H groups in total. The van der Waals surface area contributed by atoms with Gasteiger partial charge in [0.1, 0.15) is 24.7 Å². The highest BCUT2D eigenvalue weighted by Crippen LogP contribution is 2.38. The van der Waals surface area contributed by atoms with E-state index in [1.165, 1.54) is 0 Å². The second-order valence-corrected chi connectivity index (χ2v) is 18.3. The first-order valence-electron chi connectivity index (χ1n) is 26.0. The number of benzene rings is 11. The molecule has 0 unspecified atom stereocenters. The monoisotopic (exact) mass is 1010 g/mol. The minimum atomic E-state index is 0.393. The van der Waals surface area contributed by atoms with Crippen LogP contribution in [-0.2, 0) is 13.2 Å². The Bertz CT molecular complexity index is 3320. The lowest BCUT2D eigenvalue weighted by Gasteiger charge is -2.26. The third kappa shape index (κ3) is 12.4. The molecule has 11 aromatic rings. The van der Waals surface area contributed by atoms with Gasteiger partial charge >= 0.3 is 0 Å². The molecule has 0 amide bonds. The summed E-state index contributed by atoms with van der Waals surface area (Å²) in [6.07, 6.45) is 3.80. The van der Waals surface area contributed by atoms with Crippen molar-refractivity contribution >= 4 is 69.3 Å². The molecule has 0 fully saturated rings. The minimum Gasteiger partial charge on any atom is -0.489 e. The smallest absolute Gasteiger partial charge is 0.119 e. The van der Waals surface area contributed by atoms with E-state index in [0.29, 0.717) is 13.2 Å². The fraction of sp³-hybridized carbons (Fsp3) is 0.0286. The summed E-state index contributed by atoms with van der Waals surface area (Å²) in [6.45, 7) is 0.786. The summed E-state index contributed by atoms with van der Waals surface area (Å²) in [5.74, 6) is 1.55. The zero-order valence-electron chi connectivity index (χ0n) is 42.9. The lowest BCUT2D eigenvalue weighted by Crippen LogP contribution is -2.10. The summed E-state index contributed by atoms with van der Waals surface area (Å²) in [6, 6.07) is 103. The molecule has 378 valence electrons. The van der Waals surface area contributed by atoms with Crippen LogP contribution in [0.15, 0.2) is 314 Å². The van der Waals surface area contributed by atoms with E-state index in [4.69, 9.17) is 19.7 Å². The first-order valence-corrected chi connectivity index (χ1v) is 26.0. The summed E-state index contributed by atoms with van der Waals surface area (Å²) in [5.41, 5.74) is 14.2. The van der Waals surface area contributed by atoms with E-state index in [9.17, 15) is 0 Å². The summed E-state index contributed by atoms with van der Waals surface area (Å²) in [4.78, 5) is 4.48. The molecule has 11 rings (SSSR count). The number of rotatable bonds is 20. The van der Waals surface area contributed by atoms with Gasteiger partial charge in [0.25, 0.3) is 0 Å². The van der Waals surface area contributed by atoms with Crippen molar-refractivity contribution in [2.24, 2.45) is 10.2 Å². The number of hydrogen-bond donors (Lipinski definition) is 0. The second-order valence-electron chi connectivity index (χ2n) is 18.3. The van der Waals surface area contributed by atoms with Crippen molar-refractivity contribution in [2.45, 2.75) is 13.2 Å². The van der Waals surface area contributed by atoms with Crippen LogP contribution in [0.5, 0.6) is 11.5 Å². The Morgan fingerprint density at radius 2 is 0.474 bits per heavy atom. The van der Waals surface area contributed by atoms with Crippen LogP contribution >= 0.6 is 0 Å². The Morgan fingerprint density at radius 3 is 0.756 bits per heavy atom. The number of anilines is 10. The molecular weight excluding hydrogens is 957 g/mol. The van der Waals surface area contributed by atoms with Gasteiger partial charge in [0.05, 0.1) is 35.2 Å². The Balaban J connectivity index is 0.741. The number of nitrogens with zero attached hydrogens (tertiary/aromatic N) is 6. The number of para-hydroxylation sites is 6. The zero-order chi connectivity index (χ0) is 52.6. The fourth-order valence-corrected chi connectivity index (χ4v) is 9.10. The highest BCUT2D eigenvalue weighted by atomic mass is 16.5. The predicted molar refractivity (Wildman–Crippen MR) is 323 cm³/mol. The van der Waals surface area contributed by atoms with Crippen molar-refractivity contribution in [1.29, 1.82) is 0 Å². The second kappa shape index (κ2) is 24.7. The average Bonchev–Trinajstić information content (AvgIpc) is 3.54. The van der Waals surface area contributed by atoms with Gasteiger partial charge in [-0.3, -0.25) is 0 Å². The van der Waals surface area contributed by atoms with Gasteiger partial charge in [-0.1, -0.05) is 158 Å². The third-order valence-electron chi connectivity index (χ3n) is 13.1. The molecular formula is C70H56N6O2. The van der Waals surface area contributed by atoms with Gasteiger partial charge in [0.2, 0.25) is 0 Å². The molecule has 0 saturated heterocycles. The van der Waals surface area contributed by atoms with Crippen LogP contribution < -0.4 is 29.3 Å². The lowest BCUT2D eigenvalue weighted by atomic mass is 10.1. The largest absolute Gasteiger partial charge is 0.489 e. The Kier molecular flexibility index (Phi) is 15.8. The van der Waals surface area contributed by atoms with Gasteiger partial charge < -0.3 is 19.3 Å². The van der Waals surface area contributed by atoms with Crippen molar-refractivity contribution in [2.75, 3.05) is 19.8 Å². The maximum absolute atomic E-state index is 6.44. The van der Waals surface area contributed by atoms with Crippen LogP contribution in [0.2, 0.25) is 0 Å². The Hall–Kier alpha value is -10.4. The van der Waals surface area contributed by atoms with Crippen LogP contribution in [0.4, 0.5) is 56.9 Å². The molecule has 78 heavy (non-hydrogen) atoms. The normalized spacial score (nSPS) is 11.1. The van der Waals surface area contributed by atoms with Gasteiger partial charge in [-0.05, 0) is 168 Å². The van der Waals surface area contributed by atoms with E-state index in [2.05, 4.69) is 192 Å². The van der Waals surface area contributed by atoms with E-state index in [1.807, 2.05) is 144 Å². The van der Waals surface area contributed by atoms with Crippen LogP contribution in [-0.4, -0.2) is 12.4 Å². The molecule has 8 heteroatoms. The van der Waals surface area contributed by atoms with Crippen molar-refractivity contribution in [3.63, 3.8) is 0 Å². The Labute approximate surface area is 456 Å². The first kappa shape index (κ1) is 49.8. The molecule has 0 bridgehead atoms. The van der Waals surface area contributed by atoms with E-state index >= 15 is 0 Å². The predicted octanol–water partition coefficient (Wildman–Crippen LogP) is 18.1. The Morgan fingerprint density at radius 1 is 0.244 bits per heavy atom. The molecule has 0 aliphatic carbocycles. The molecule has 0 saturated carbocycles. The van der Waals surface area contributed by atoms with Crippen LogP contribution in [0.25, 0.3) is 0 Å². The van der Waals surface area contributed by atoms with Gasteiger partial charge in [0, 0.05) is 34.1 Å². The van der Waals surface area contributed by atoms with Crippen molar-refractivity contribution in [3.8, 4) is 11.5 Å². The molecule has 0 aliphatic heterocycles. The van der Waals surface area contributed by atoms with Gasteiger partial charge in [0.15, 0.2) is 0 Å². The van der Waals surface area contributed by atoms with E-state index in [-0.39, 0.29) is 0 Å². The van der Waals surface area contributed by atoms with Crippen LogP contribution in [0, 0.1) is 0 Å². The number of hydrazone groups is 2. The molecule has 0 spiro atoms. The number of hydrogen-bond acceptors (Lipinski definition) is 8.